The number of aryl methyl sites for hydroxylation is 1. The third kappa shape index (κ3) is 6.84. The van der Waals surface area contributed by atoms with Crippen molar-refractivity contribution in [2.45, 2.75) is 33.6 Å². The van der Waals surface area contributed by atoms with Gasteiger partial charge in [0.05, 0.1) is 13.0 Å². The smallest absolute Gasteiger partial charge is 0.230 e. The van der Waals surface area contributed by atoms with Crippen molar-refractivity contribution in [3.05, 3.63) is 59.7 Å². The second-order valence-electron chi connectivity index (χ2n) is 6.66. The van der Waals surface area contributed by atoms with E-state index in [9.17, 15) is 4.79 Å². The second kappa shape index (κ2) is 9.92. The lowest BCUT2D eigenvalue weighted by molar-refractivity contribution is -0.119. The Kier molecular flexibility index (Phi) is 7.60. The lowest BCUT2D eigenvalue weighted by atomic mass is 10.1. The summed E-state index contributed by atoms with van der Waals surface area (Å²) in [5, 5.41) is 6.04. The van der Waals surface area contributed by atoms with Gasteiger partial charge < -0.3 is 15.4 Å². The van der Waals surface area contributed by atoms with Gasteiger partial charge in [-0.05, 0) is 54.7 Å². The summed E-state index contributed by atoms with van der Waals surface area (Å²) in [5.74, 6) is 1.25. The molecule has 138 valence electrons. The molecule has 1 amide bonds. The van der Waals surface area contributed by atoms with Crippen LogP contribution in [0.5, 0.6) is 5.75 Å². The van der Waals surface area contributed by atoms with Crippen molar-refractivity contribution in [1.29, 1.82) is 0 Å². The van der Waals surface area contributed by atoms with Gasteiger partial charge >= 0.3 is 0 Å². The minimum Gasteiger partial charge on any atom is -0.494 e. The number of ether oxygens (including phenoxy) is 1. The highest BCUT2D eigenvalue weighted by atomic mass is 32.1. The van der Waals surface area contributed by atoms with Crippen molar-refractivity contribution in [2.75, 3.05) is 11.9 Å². The molecule has 0 aliphatic carbocycles. The van der Waals surface area contributed by atoms with Gasteiger partial charge in [-0.3, -0.25) is 4.79 Å². The van der Waals surface area contributed by atoms with Gasteiger partial charge in [-0.15, -0.1) is 0 Å². The SMILES string of the molecule is Cc1ccccc1CC(=O)NC(=S)Nc1cccc(OCCC(C)C)c1. The molecule has 5 heteroatoms. The zero-order valence-corrected chi connectivity index (χ0v) is 16.4. The van der Waals surface area contributed by atoms with E-state index in [0.29, 0.717) is 18.9 Å². The van der Waals surface area contributed by atoms with Crippen LogP contribution in [0.1, 0.15) is 31.4 Å². The second-order valence-corrected chi connectivity index (χ2v) is 7.07. The fourth-order valence-corrected chi connectivity index (χ4v) is 2.62. The average Bonchev–Trinajstić information content (AvgIpc) is 2.57. The Hall–Kier alpha value is -2.40. The number of carbonyl (C=O) groups excluding carboxylic acids is 1. The van der Waals surface area contributed by atoms with E-state index >= 15 is 0 Å². The van der Waals surface area contributed by atoms with Crippen molar-refractivity contribution in [3.63, 3.8) is 0 Å². The molecule has 0 atom stereocenters. The largest absolute Gasteiger partial charge is 0.494 e. The monoisotopic (exact) mass is 370 g/mol. The Morgan fingerprint density at radius 1 is 1.15 bits per heavy atom. The Morgan fingerprint density at radius 2 is 1.92 bits per heavy atom. The first-order valence-corrected chi connectivity index (χ1v) is 9.23. The molecule has 0 heterocycles. The number of rotatable bonds is 7. The number of thiocarbonyl (C=S) groups is 1. The molecule has 0 fully saturated rings. The van der Waals surface area contributed by atoms with Gasteiger partial charge in [0.1, 0.15) is 5.75 Å². The summed E-state index contributed by atoms with van der Waals surface area (Å²) in [6.45, 7) is 7.00. The molecule has 4 nitrogen and oxygen atoms in total. The highest BCUT2D eigenvalue weighted by molar-refractivity contribution is 7.80. The Labute approximate surface area is 161 Å². The van der Waals surface area contributed by atoms with Gasteiger partial charge in [0.15, 0.2) is 5.11 Å². The van der Waals surface area contributed by atoms with Crippen molar-refractivity contribution in [3.8, 4) is 5.75 Å². The van der Waals surface area contributed by atoms with Crippen LogP contribution in [0, 0.1) is 12.8 Å². The molecule has 2 rings (SSSR count). The number of hydrogen-bond acceptors (Lipinski definition) is 3. The molecule has 0 spiro atoms. The Morgan fingerprint density at radius 3 is 2.65 bits per heavy atom. The van der Waals surface area contributed by atoms with Crippen LogP contribution in [-0.2, 0) is 11.2 Å². The van der Waals surface area contributed by atoms with E-state index in [1.807, 2.05) is 55.5 Å². The van der Waals surface area contributed by atoms with E-state index in [0.717, 1.165) is 29.0 Å². The number of hydrogen-bond donors (Lipinski definition) is 2. The topological polar surface area (TPSA) is 50.4 Å². The minimum absolute atomic E-state index is 0.138. The van der Waals surface area contributed by atoms with E-state index < -0.39 is 0 Å². The molecular weight excluding hydrogens is 344 g/mol. The molecule has 0 aromatic heterocycles. The molecule has 2 aromatic carbocycles. The van der Waals surface area contributed by atoms with Crippen molar-refractivity contribution >= 4 is 28.9 Å². The summed E-state index contributed by atoms with van der Waals surface area (Å²) in [4.78, 5) is 12.2. The molecule has 0 aliphatic heterocycles. The fourth-order valence-electron chi connectivity index (χ4n) is 2.39. The molecule has 0 radical (unpaired) electrons. The van der Waals surface area contributed by atoms with Crippen molar-refractivity contribution in [2.24, 2.45) is 5.92 Å². The number of amides is 1. The van der Waals surface area contributed by atoms with E-state index in [1.165, 1.54) is 0 Å². The van der Waals surface area contributed by atoms with E-state index in [1.54, 1.807) is 0 Å². The molecule has 0 saturated heterocycles. The first-order valence-electron chi connectivity index (χ1n) is 8.82. The fraction of sp³-hybridized carbons (Fsp3) is 0.333. The Balaban J connectivity index is 1.85. The summed E-state index contributed by atoms with van der Waals surface area (Å²) in [6.07, 6.45) is 1.30. The summed E-state index contributed by atoms with van der Waals surface area (Å²) >= 11 is 5.24. The highest BCUT2D eigenvalue weighted by Crippen LogP contribution is 2.18. The maximum atomic E-state index is 12.2. The lowest BCUT2D eigenvalue weighted by Crippen LogP contribution is -2.35. The van der Waals surface area contributed by atoms with Gasteiger partial charge in [0.25, 0.3) is 0 Å². The van der Waals surface area contributed by atoms with E-state index in [-0.39, 0.29) is 11.0 Å². The third-order valence-corrected chi connectivity index (χ3v) is 4.13. The number of anilines is 1. The predicted octanol–water partition coefficient (Wildman–Crippen LogP) is 4.48. The summed E-state index contributed by atoms with van der Waals surface area (Å²) < 4.78 is 5.74. The zero-order chi connectivity index (χ0) is 18.9. The van der Waals surface area contributed by atoms with Crippen LogP contribution >= 0.6 is 12.2 Å². The summed E-state index contributed by atoms with van der Waals surface area (Å²) in [5.41, 5.74) is 2.87. The lowest BCUT2D eigenvalue weighted by Gasteiger charge is -2.12. The van der Waals surface area contributed by atoms with Gasteiger partial charge in [-0.25, -0.2) is 0 Å². The van der Waals surface area contributed by atoms with Crippen LogP contribution in [-0.4, -0.2) is 17.6 Å². The standard InChI is InChI=1S/C21H26N2O2S/c1-15(2)11-12-25-19-10-6-9-18(14-19)22-21(26)23-20(24)13-17-8-5-4-7-16(17)3/h4-10,14-15H,11-13H2,1-3H3,(H2,22,23,24,26). The van der Waals surface area contributed by atoms with E-state index in [2.05, 4.69) is 24.5 Å². The molecule has 26 heavy (non-hydrogen) atoms. The third-order valence-electron chi connectivity index (χ3n) is 3.92. The molecule has 0 unspecified atom stereocenters. The van der Waals surface area contributed by atoms with Crippen molar-refractivity contribution < 1.29 is 9.53 Å². The summed E-state index contributed by atoms with van der Waals surface area (Å²) in [6, 6.07) is 15.4. The van der Waals surface area contributed by atoms with Gasteiger partial charge in [-0.2, -0.15) is 0 Å². The first-order chi connectivity index (χ1) is 12.4. The normalized spacial score (nSPS) is 10.5. The van der Waals surface area contributed by atoms with Gasteiger partial charge in [0, 0.05) is 11.8 Å². The Bertz CT molecular complexity index is 759. The van der Waals surface area contributed by atoms with Crippen molar-refractivity contribution in [1.82, 2.24) is 5.32 Å². The maximum Gasteiger partial charge on any atom is 0.230 e. The van der Waals surface area contributed by atoms with Crippen LogP contribution in [0.2, 0.25) is 0 Å². The zero-order valence-electron chi connectivity index (χ0n) is 15.5. The van der Waals surface area contributed by atoms with Crippen LogP contribution in [0.15, 0.2) is 48.5 Å². The van der Waals surface area contributed by atoms with Gasteiger partial charge in [0.2, 0.25) is 5.91 Å². The highest BCUT2D eigenvalue weighted by Gasteiger charge is 2.08. The van der Waals surface area contributed by atoms with Crippen LogP contribution in [0.25, 0.3) is 0 Å². The molecule has 2 aromatic rings. The number of benzene rings is 2. The molecule has 2 N–H and O–H groups in total. The quantitative estimate of drug-likeness (QED) is 0.706. The first kappa shape index (κ1) is 19.9. The minimum atomic E-state index is -0.138. The number of carbonyl (C=O) groups is 1. The molecule has 0 bridgehead atoms. The van der Waals surface area contributed by atoms with Crippen LogP contribution < -0.4 is 15.4 Å². The maximum absolute atomic E-state index is 12.2. The van der Waals surface area contributed by atoms with Crippen LogP contribution in [0.4, 0.5) is 5.69 Å². The molecular formula is C21H26N2O2S. The molecule has 0 aliphatic rings. The van der Waals surface area contributed by atoms with Crippen LogP contribution in [0.3, 0.4) is 0 Å². The molecule has 0 saturated carbocycles. The predicted molar refractivity (Wildman–Crippen MR) is 111 cm³/mol. The average molecular weight is 371 g/mol. The summed E-state index contributed by atoms with van der Waals surface area (Å²) in [7, 11) is 0. The van der Waals surface area contributed by atoms with E-state index in [4.69, 9.17) is 17.0 Å². The number of nitrogens with one attached hydrogen (secondary N) is 2. The van der Waals surface area contributed by atoms with Gasteiger partial charge in [-0.1, -0.05) is 44.2 Å².